The van der Waals surface area contributed by atoms with Crippen LogP contribution in [0.3, 0.4) is 0 Å². The number of para-hydroxylation sites is 2. The van der Waals surface area contributed by atoms with Crippen molar-refractivity contribution in [1.29, 1.82) is 0 Å². The fraction of sp³-hybridized carbons (Fsp3) is 0.435. The molecule has 2 aromatic carbocycles. The molecule has 0 bridgehead atoms. The number of halogens is 2. The highest BCUT2D eigenvalue weighted by atomic mass is 35.5. The molecule has 4 N–H and O–H groups in total. The number of fused-ring (bicyclic) bond motifs is 1. The first-order chi connectivity index (χ1) is 15.0. The minimum atomic E-state index is -0.744. The van der Waals surface area contributed by atoms with Crippen LogP contribution < -0.4 is 19.9 Å². The maximum Gasteiger partial charge on any atom is 0.356 e. The molecule has 4 rings (SSSR count). The van der Waals surface area contributed by atoms with Gasteiger partial charge in [-0.15, -0.1) is 0 Å². The number of imidazole rings is 1. The van der Waals surface area contributed by atoms with Gasteiger partial charge in [-0.3, -0.25) is 5.73 Å². The average Bonchev–Trinajstić information content (AvgIpc) is 3.03. The van der Waals surface area contributed by atoms with Gasteiger partial charge in [0.05, 0.1) is 18.1 Å². The van der Waals surface area contributed by atoms with Crippen LogP contribution in [0.5, 0.6) is 5.75 Å². The predicted molar refractivity (Wildman–Crippen MR) is 124 cm³/mol. The molecule has 0 spiro atoms. The summed E-state index contributed by atoms with van der Waals surface area (Å²) in [5, 5.41) is 11.6. The molecule has 3 aromatic rings. The molecule has 0 radical (unpaired) electrons. The molecule has 166 valence electrons. The molecule has 0 amide bonds. The van der Waals surface area contributed by atoms with Gasteiger partial charge in [0.25, 0.3) is 0 Å². The summed E-state index contributed by atoms with van der Waals surface area (Å²) in [6.07, 6.45) is 3.22. The Hall–Kier alpha value is -1.99. The molecule has 1 fully saturated rings. The van der Waals surface area contributed by atoms with Gasteiger partial charge in [-0.2, -0.15) is 0 Å². The van der Waals surface area contributed by atoms with Crippen LogP contribution in [0.1, 0.15) is 19.3 Å². The maximum atomic E-state index is 10.7. The van der Waals surface area contributed by atoms with Crippen LogP contribution in [-0.2, 0) is 13.1 Å². The lowest BCUT2D eigenvalue weighted by molar-refractivity contribution is -0.905. The first-order valence-electron chi connectivity index (χ1n) is 10.9. The topological polar surface area (TPSA) is 68.7 Å². The van der Waals surface area contributed by atoms with Gasteiger partial charge in [-0.05, 0) is 49.6 Å². The van der Waals surface area contributed by atoms with E-state index >= 15 is 0 Å². The number of benzene rings is 2. The van der Waals surface area contributed by atoms with Gasteiger partial charge in [-0.1, -0.05) is 35.3 Å². The highest BCUT2D eigenvalue weighted by molar-refractivity contribution is 6.35. The minimum Gasteiger partial charge on any atom is -0.489 e. The Morgan fingerprint density at radius 3 is 2.68 bits per heavy atom. The molecular formula is C23H30Cl2N4O2+2. The highest BCUT2D eigenvalue weighted by Gasteiger charge is 2.24. The van der Waals surface area contributed by atoms with E-state index in [2.05, 4.69) is 10.6 Å². The number of ether oxygens (including phenoxy) is 1. The lowest BCUT2D eigenvalue weighted by atomic mass is 10.1. The Labute approximate surface area is 192 Å². The van der Waals surface area contributed by atoms with Crippen molar-refractivity contribution in [2.45, 2.75) is 38.5 Å². The number of nitrogens with one attached hydrogen (secondary N) is 1. The number of nitrogens with two attached hydrogens (primary N) is 1. The second-order valence-corrected chi connectivity index (χ2v) is 9.05. The second-order valence-electron chi connectivity index (χ2n) is 8.21. The lowest BCUT2D eigenvalue weighted by Gasteiger charge is -2.22. The molecule has 8 heteroatoms. The molecule has 1 aliphatic heterocycles. The Morgan fingerprint density at radius 1 is 1.13 bits per heavy atom. The number of nitrogens with zero attached hydrogens (tertiary/aromatic N) is 2. The number of anilines is 1. The molecule has 1 atom stereocenters. The van der Waals surface area contributed by atoms with Gasteiger partial charge >= 0.3 is 5.95 Å². The number of aliphatic hydroxyl groups excluding tert-OH is 1. The predicted octanol–water partition coefficient (Wildman–Crippen LogP) is 2.33. The molecule has 0 aliphatic carbocycles. The number of piperidine rings is 1. The Bertz CT molecular complexity index is 1030. The van der Waals surface area contributed by atoms with Crippen molar-refractivity contribution in [3.63, 3.8) is 0 Å². The van der Waals surface area contributed by atoms with Crippen molar-refractivity contribution >= 4 is 40.2 Å². The van der Waals surface area contributed by atoms with E-state index in [9.17, 15) is 5.11 Å². The second kappa shape index (κ2) is 10.1. The smallest absolute Gasteiger partial charge is 0.356 e. The van der Waals surface area contributed by atoms with Crippen LogP contribution in [0.15, 0.2) is 42.5 Å². The fourth-order valence-electron chi connectivity index (χ4n) is 4.35. The highest BCUT2D eigenvalue weighted by Crippen LogP contribution is 2.27. The van der Waals surface area contributed by atoms with Crippen LogP contribution in [0, 0.1) is 0 Å². The first-order valence-corrected chi connectivity index (χ1v) is 11.6. The van der Waals surface area contributed by atoms with Gasteiger partial charge in [0, 0.05) is 5.02 Å². The van der Waals surface area contributed by atoms with Crippen LogP contribution >= 0.6 is 23.2 Å². The van der Waals surface area contributed by atoms with Gasteiger partial charge in [0.1, 0.15) is 49.1 Å². The molecule has 1 saturated heterocycles. The minimum absolute atomic E-state index is 0.102. The maximum absolute atomic E-state index is 10.7. The number of aliphatic hydroxyl groups is 1. The largest absolute Gasteiger partial charge is 0.489 e. The number of likely N-dealkylation sites (tertiary alicyclic amines) is 1. The summed E-state index contributed by atoms with van der Waals surface area (Å²) in [5.41, 5.74) is 8.66. The zero-order chi connectivity index (χ0) is 21.8. The molecule has 1 aliphatic rings. The van der Waals surface area contributed by atoms with E-state index in [-0.39, 0.29) is 6.61 Å². The summed E-state index contributed by atoms with van der Waals surface area (Å²) >= 11 is 12.1. The van der Waals surface area contributed by atoms with Crippen LogP contribution in [-0.4, -0.2) is 42.0 Å². The lowest BCUT2D eigenvalue weighted by Crippen LogP contribution is -3.13. The van der Waals surface area contributed by atoms with E-state index in [0.717, 1.165) is 24.1 Å². The number of aromatic nitrogens is 2. The Morgan fingerprint density at radius 2 is 1.90 bits per heavy atom. The SMILES string of the molecule is Nc1n(CC[NH+]2CCCCC2)c2ccccc2[n+]1C[C@@H](O)COc1ccc(Cl)cc1Cl. The molecule has 0 saturated carbocycles. The Balaban J connectivity index is 1.47. The van der Waals surface area contributed by atoms with Gasteiger partial charge in [-0.25, -0.2) is 9.13 Å². The Kier molecular flexibility index (Phi) is 7.23. The third-order valence-electron chi connectivity index (χ3n) is 5.98. The van der Waals surface area contributed by atoms with Crippen molar-refractivity contribution in [2.75, 3.05) is 32.0 Å². The summed E-state index contributed by atoms with van der Waals surface area (Å²) in [6.45, 7) is 4.84. The number of hydrogen-bond donors (Lipinski definition) is 3. The van der Waals surface area contributed by atoms with E-state index < -0.39 is 6.10 Å². The van der Waals surface area contributed by atoms with Crippen LogP contribution in [0.2, 0.25) is 10.0 Å². The first kappa shape index (κ1) is 22.2. The van der Waals surface area contributed by atoms with Crippen molar-refractivity contribution in [1.82, 2.24) is 4.57 Å². The van der Waals surface area contributed by atoms with Crippen LogP contribution in [0.4, 0.5) is 5.95 Å². The molecule has 1 aromatic heterocycles. The molecule has 2 heterocycles. The van der Waals surface area contributed by atoms with Crippen molar-refractivity contribution in [3.05, 3.63) is 52.5 Å². The van der Waals surface area contributed by atoms with Crippen molar-refractivity contribution in [3.8, 4) is 5.75 Å². The normalized spacial score (nSPS) is 16.0. The van der Waals surface area contributed by atoms with E-state index in [1.807, 2.05) is 22.8 Å². The van der Waals surface area contributed by atoms with Gasteiger partial charge < -0.3 is 14.7 Å². The van der Waals surface area contributed by atoms with Gasteiger partial charge in [0.2, 0.25) is 0 Å². The number of hydrogen-bond acceptors (Lipinski definition) is 3. The van der Waals surface area contributed by atoms with Gasteiger partial charge in [0.15, 0.2) is 0 Å². The number of rotatable bonds is 8. The fourth-order valence-corrected chi connectivity index (χ4v) is 4.82. The van der Waals surface area contributed by atoms with E-state index in [1.54, 1.807) is 23.1 Å². The van der Waals surface area contributed by atoms with Crippen molar-refractivity contribution < 1.29 is 19.3 Å². The van der Waals surface area contributed by atoms with E-state index in [0.29, 0.717) is 28.3 Å². The third kappa shape index (κ3) is 5.26. The standard InChI is InChI=1S/C23H28Cl2N4O2/c24-17-8-9-22(19(25)14-17)31-16-18(30)15-29-21-7-3-2-6-20(21)28(23(29)26)13-12-27-10-4-1-5-11-27/h2-3,6-9,14,18,26,30H,1,4-5,10-13,15-16H2/p+2/t18-/m1/s1. The van der Waals surface area contributed by atoms with Crippen molar-refractivity contribution in [2.24, 2.45) is 0 Å². The average molecular weight is 465 g/mol. The molecule has 31 heavy (non-hydrogen) atoms. The molecule has 6 nitrogen and oxygen atoms in total. The summed E-state index contributed by atoms with van der Waals surface area (Å²) in [4.78, 5) is 1.64. The number of quaternary nitrogens is 1. The summed E-state index contributed by atoms with van der Waals surface area (Å²) in [7, 11) is 0. The number of nitrogen functional groups attached to an aromatic ring is 1. The third-order valence-corrected chi connectivity index (χ3v) is 6.51. The summed E-state index contributed by atoms with van der Waals surface area (Å²) in [5.74, 6) is 1.15. The summed E-state index contributed by atoms with van der Waals surface area (Å²) in [6, 6.07) is 13.2. The van der Waals surface area contributed by atoms with E-state index in [4.69, 9.17) is 33.7 Å². The van der Waals surface area contributed by atoms with E-state index in [1.165, 1.54) is 32.4 Å². The molecule has 0 unspecified atom stereocenters. The zero-order valence-electron chi connectivity index (χ0n) is 17.6. The quantitative estimate of drug-likeness (QED) is 0.448. The van der Waals surface area contributed by atoms with Crippen LogP contribution in [0.25, 0.3) is 11.0 Å². The molecular weight excluding hydrogens is 435 g/mol. The monoisotopic (exact) mass is 464 g/mol. The summed E-state index contributed by atoms with van der Waals surface area (Å²) < 4.78 is 9.84. The zero-order valence-corrected chi connectivity index (χ0v) is 19.1.